The standard InChI is InChI=1S/C16H24N2O2/c1-4-14-5-6-15(11-13(14)2)17(3)16(19)12-18-7-9-20-10-8-18/h5-6,11H,4,7-10,12H2,1-3H3. The summed E-state index contributed by atoms with van der Waals surface area (Å²) in [6.07, 6.45) is 1.03. The molecule has 1 aromatic rings. The lowest BCUT2D eigenvalue weighted by Gasteiger charge is -2.28. The molecule has 0 saturated carbocycles. The lowest BCUT2D eigenvalue weighted by Crippen LogP contribution is -2.43. The van der Waals surface area contributed by atoms with Crippen LogP contribution in [0.25, 0.3) is 0 Å². The maximum absolute atomic E-state index is 12.3. The first-order valence-corrected chi connectivity index (χ1v) is 7.28. The van der Waals surface area contributed by atoms with Gasteiger partial charge >= 0.3 is 0 Å². The predicted octanol–water partition coefficient (Wildman–Crippen LogP) is 1.85. The average Bonchev–Trinajstić information content (AvgIpc) is 2.47. The number of hydrogen-bond acceptors (Lipinski definition) is 3. The molecule has 1 heterocycles. The molecule has 0 atom stereocenters. The van der Waals surface area contributed by atoms with Gasteiger partial charge in [-0.1, -0.05) is 13.0 Å². The number of aryl methyl sites for hydroxylation is 2. The van der Waals surface area contributed by atoms with E-state index in [1.807, 2.05) is 13.1 Å². The highest BCUT2D eigenvalue weighted by atomic mass is 16.5. The molecular weight excluding hydrogens is 252 g/mol. The minimum Gasteiger partial charge on any atom is -0.379 e. The first kappa shape index (κ1) is 15.0. The molecule has 0 unspecified atom stereocenters. The van der Waals surface area contributed by atoms with E-state index in [0.29, 0.717) is 6.54 Å². The Bertz CT molecular complexity index is 468. The zero-order valence-electron chi connectivity index (χ0n) is 12.7. The van der Waals surface area contributed by atoms with E-state index in [0.717, 1.165) is 38.4 Å². The summed E-state index contributed by atoms with van der Waals surface area (Å²) in [5.41, 5.74) is 3.55. The van der Waals surface area contributed by atoms with Crippen molar-refractivity contribution in [2.75, 3.05) is 44.8 Å². The highest BCUT2D eigenvalue weighted by molar-refractivity contribution is 5.94. The van der Waals surface area contributed by atoms with Crippen molar-refractivity contribution < 1.29 is 9.53 Å². The van der Waals surface area contributed by atoms with Crippen LogP contribution in [0.4, 0.5) is 5.69 Å². The summed E-state index contributed by atoms with van der Waals surface area (Å²) in [5.74, 6) is 0.135. The van der Waals surface area contributed by atoms with Crippen molar-refractivity contribution in [3.63, 3.8) is 0 Å². The van der Waals surface area contributed by atoms with Crippen molar-refractivity contribution in [2.24, 2.45) is 0 Å². The van der Waals surface area contributed by atoms with Gasteiger partial charge in [0.2, 0.25) is 5.91 Å². The van der Waals surface area contributed by atoms with Crippen LogP contribution in [-0.4, -0.2) is 50.7 Å². The minimum atomic E-state index is 0.135. The van der Waals surface area contributed by atoms with E-state index in [4.69, 9.17) is 4.74 Å². The van der Waals surface area contributed by atoms with Gasteiger partial charge in [-0.3, -0.25) is 9.69 Å². The van der Waals surface area contributed by atoms with Crippen LogP contribution < -0.4 is 4.90 Å². The number of hydrogen-bond donors (Lipinski definition) is 0. The largest absolute Gasteiger partial charge is 0.379 e. The van der Waals surface area contributed by atoms with Crippen LogP contribution in [0.15, 0.2) is 18.2 Å². The Morgan fingerprint density at radius 3 is 2.65 bits per heavy atom. The lowest BCUT2D eigenvalue weighted by molar-refractivity contribution is -0.120. The molecule has 0 aromatic heterocycles. The van der Waals surface area contributed by atoms with Gasteiger partial charge in [-0.15, -0.1) is 0 Å². The van der Waals surface area contributed by atoms with Crippen LogP contribution in [0.5, 0.6) is 0 Å². The van der Waals surface area contributed by atoms with Gasteiger partial charge in [0.05, 0.1) is 19.8 Å². The average molecular weight is 276 g/mol. The number of nitrogens with zero attached hydrogens (tertiary/aromatic N) is 2. The fourth-order valence-corrected chi connectivity index (χ4v) is 2.49. The van der Waals surface area contributed by atoms with E-state index in [1.54, 1.807) is 4.90 Å². The zero-order valence-corrected chi connectivity index (χ0v) is 12.7. The Labute approximate surface area is 121 Å². The van der Waals surface area contributed by atoms with E-state index < -0.39 is 0 Å². The third kappa shape index (κ3) is 3.58. The Hall–Kier alpha value is -1.39. The smallest absolute Gasteiger partial charge is 0.240 e. The van der Waals surface area contributed by atoms with Crippen LogP contribution in [-0.2, 0) is 16.0 Å². The van der Waals surface area contributed by atoms with Crippen molar-refractivity contribution in [1.29, 1.82) is 0 Å². The summed E-state index contributed by atoms with van der Waals surface area (Å²) in [6.45, 7) is 7.84. The van der Waals surface area contributed by atoms with Crippen LogP contribution in [0.3, 0.4) is 0 Å². The second-order valence-corrected chi connectivity index (χ2v) is 5.31. The topological polar surface area (TPSA) is 32.8 Å². The van der Waals surface area contributed by atoms with Crippen LogP contribution in [0.1, 0.15) is 18.1 Å². The van der Waals surface area contributed by atoms with Gasteiger partial charge < -0.3 is 9.64 Å². The number of morpholine rings is 1. The summed E-state index contributed by atoms with van der Waals surface area (Å²) < 4.78 is 5.30. The molecule has 20 heavy (non-hydrogen) atoms. The lowest BCUT2D eigenvalue weighted by atomic mass is 10.1. The fourth-order valence-electron chi connectivity index (χ4n) is 2.49. The van der Waals surface area contributed by atoms with Crippen LogP contribution in [0.2, 0.25) is 0 Å². The van der Waals surface area contributed by atoms with Crippen molar-refractivity contribution in [3.8, 4) is 0 Å². The monoisotopic (exact) mass is 276 g/mol. The molecular formula is C16H24N2O2. The maximum Gasteiger partial charge on any atom is 0.240 e. The van der Waals surface area contributed by atoms with Gasteiger partial charge in [-0.2, -0.15) is 0 Å². The third-order valence-electron chi connectivity index (χ3n) is 3.93. The summed E-state index contributed by atoms with van der Waals surface area (Å²) in [6, 6.07) is 6.24. The molecule has 4 heteroatoms. The summed E-state index contributed by atoms with van der Waals surface area (Å²) in [5, 5.41) is 0. The Kier molecular flexibility index (Phi) is 5.15. The number of carbonyl (C=O) groups excluding carboxylic acids is 1. The number of likely N-dealkylation sites (N-methyl/N-ethyl adjacent to an activating group) is 1. The number of benzene rings is 1. The van der Waals surface area contributed by atoms with Gasteiger partial charge in [0.15, 0.2) is 0 Å². The highest BCUT2D eigenvalue weighted by Gasteiger charge is 2.18. The van der Waals surface area contributed by atoms with E-state index in [9.17, 15) is 4.79 Å². The van der Waals surface area contributed by atoms with E-state index in [1.165, 1.54) is 11.1 Å². The van der Waals surface area contributed by atoms with Gasteiger partial charge in [0.1, 0.15) is 0 Å². The molecule has 4 nitrogen and oxygen atoms in total. The molecule has 1 aliphatic rings. The second kappa shape index (κ2) is 6.86. The molecule has 1 aliphatic heterocycles. The van der Waals surface area contributed by atoms with E-state index in [2.05, 4.69) is 30.9 Å². The van der Waals surface area contributed by atoms with Gasteiger partial charge in [-0.05, 0) is 36.6 Å². The normalized spacial score (nSPS) is 16.1. The Morgan fingerprint density at radius 2 is 2.05 bits per heavy atom. The van der Waals surface area contributed by atoms with Gasteiger partial charge in [0.25, 0.3) is 0 Å². The number of anilines is 1. The fraction of sp³-hybridized carbons (Fsp3) is 0.562. The van der Waals surface area contributed by atoms with Crippen molar-refractivity contribution >= 4 is 11.6 Å². The Balaban J connectivity index is 2.00. The molecule has 0 bridgehead atoms. The summed E-state index contributed by atoms with van der Waals surface area (Å²) >= 11 is 0. The van der Waals surface area contributed by atoms with Crippen LogP contribution >= 0.6 is 0 Å². The molecule has 0 radical (unpaired) electrons. The highest BCUT2D eigenvalue weighted by Crippen LogP contribution is 2.19. The van der Waals surface area contributed by atoms with Gasteiger partial charge in [-0.25, -0.2) is 0 Å². The van der Waals surface area contributed by atoms with Crippen LogP contribution in [0, 0.1) is 6.92 Å². The van der Waals surface area contributed by atoms with Crippen molar-refractivity contribution in [2.45, 2.75) is 20.3 Å². The molecule has 0 aliphatic carbocycles. The predicted molar refractivity (Wildman–Crippen MR) is 81.2 cm³/mol. The van der Waals surface area contributed by atoms with E-state index in [-0.39, 0.29) is 5.91 Å². The molecule has 0 N–H and O–H groups in total. The summed E-state index contributed by atoms with van der Waals surface area (Å²) in [4.78, 5) is 16.2. The SMILES string of the molecule is CCc1ccc(N(C)C(=O)CN2CCOCC2)cc1C. The number of ether oxygens (including phenoxy) is 1. The van der Waals surface area contributed by atoms with Crippen molar-refractivity contribution in [1.82, 2.24) is 4.90 Å². The van der Waals surface area contributed by atoms with Crippen molar-refractivity contribution in [3.05, 3.63) is 29.3 Å². The molecule has 110 valence electrons. The first-order chi connectivity index (χ1) is 9.61. The molecule has 1 aromatic carbocycles. The second-order valence-electron chi connectivity index (χ2n) is 5.31. The number of rotatable bonds is 4. The third-order valence-corrected chi connectivity index (χ3v) is 3.93. The molecule has 2 rings (SSSR count). The van der Waals surface area contributed by atoms with E-state index >= 15 is 0 Å². The van der Waals surface area contributed by atoms with Gasteiger partial charge in [0, 0.05) is 25.8 Å². The number of amides is 1. The quantitative estimate of drug-likeness (QED) is 0.841. The molecule has 0 spiro atoms. The summed E-state index contributed by atoms with van der Waals surface area (Å²) in [7, 11) is 1.85. The molecule has 1 fully saturated rings. The first-order valence-electron chi connectivity index (χ1n) is 7.28. The minimum absolute atomic E-state index is 0.135. The zero-order chi connectivity index (χ0) is 14.5. The molecule has 1 saturated heterocycles. The maximum atomic E-state index is 12.3. The number of carbonyl (C=O) groups is 1. The molecule has 1 amide bonds. The Morgan fingerprint density at radius 1 is 1.35 bits per heavy atom.